The maximum Gasteiger partial charge on any atom is 0.223 e. The van der Waals surface area contributed by atoms with E-state index in [9.17, 15) is 4.79 Å². The monoisotopic (exact) mass is 339 g/mol. The number of hydrogen-bond acceptors (Lipinski definition) is 3. The first-order chi connectivity index (χ1) is 12.0. The Balaban J connectivity index is 1.98. The van der Waals surface area contributed by atoms with Crippen molar-refractivity contribution in [1.29, 1.82) is 0 Å². The molecule has 0 spiro atoms. The van der Waals surface area contributed by atoms with Gasteiger partial charge in [-0.05, 0) is 54.2 Å². The summed E-state index contributed by atoms with van der Waals surface area (Å²) < 4.78 is 11.4. The molecule has 4 nitrogen and oxygen atoms in total. The molecule has 132 valence electrons. The predicted molar refractivity (Wildman–Crippen MR) is 99.7 cm³/mol. The molecule has 1 aliphatic rings. The average molecular weight is 339 g/mol. The maximum absolute atomic E-state index is 12.0. The lowest BCUT2D eigenvalue weighted by Gasteiger charge is -2.36. The Kier molecular flexibility index (Phi) is 4.98. The molecule has 1 heterocycles. The molecule has 0 radical (unpaired) electrons. The van der Waals surface area contributed by atoms with Crippen molar-refractivity contribution in [2.24, 2.45) is 5.92 Å². The molecule has 0 saturated carbocycles. The van der Waals surface area contributed by atoms with Crippen LogP contribution >= 0.6 is 0 Å². The van der Waals surface area contributed by atoms with Crippen molar-refractivity contribution in [3.63, 3.8) is 0 Å². The van der Waals surface area contributed by atoms with Gasteiger partial charge in [0.15, 0.2) is 11.5 Å². The van der Waals surface area contributed by atoms with Gasteiger partial charge >= 0.3 is 0 Å². The van der Waals surface area contributed by atoms with Crippen LogP contribution in [0.1, 0.15) is 38.7 Å². The Morgan fingerprint density at radius 3 is 2.52 bits per heavy atom. The fourth-order valence-corrected chi connectivity index (χ4v) is 3.53. The Morgan fingerprint density at radius 2 is 1.88 bits per heavy atom. The molecule has 4 heteroatoms. The minimum atomic E-state index is 0.0850. The van der Waals surface area contributed by atoms with Crippen LogP contribution in [0.25, 0.3) is 0 Å². The number of fused-ring (bicyclic) bond motifs is 1. The largest absolute Gasteiger partial charge is 0.493 e. The lowest BCUT2D eigenvalue weighted by Crippen LogP contribution is -2.36. The number of benzene rings is 2. The van der Waals surface area contributed by atoms with Crippen molar-refractivity contribution >= 4 is 11.6 Å². The average Bonchev–Trinajstić information content (AvgIpc) is 2.60. The summed E-state index contributed by atoms with van der Waals surface area (Å²) in [6.07, 6.45) is 0.975. The first-order valence-electron chi connectivity index (χ1n) is 8.74. The van der Waals surface area contributed by atoms with Gasteiger partial charge in [-0.1, -0.05) is 26.0 Å². The molecule has 0 bridgehead atoms. The van der Waals surface area contributed by atoms with Crippen LogP contribution in [0, 0.1) is 5.92 Å². The summed E-state index contributed by atoms with van der Waals surface area (Å²) in [4.78, 5) is 13.8. The van der Waals surface area contributed by atoms with E-state index in [4.69, 9.17) is 9.47 Å². The third-order valence-electron chi connectivity index (χ3n) is 4.83. The Hall–Kier alpha value is -2.49. The molecule has 2 aromatic carbocycles. The van der Waals surface area contributed by atoms with Gasteiger partial charge in [-0.2, -0.15) is 0 Å². The van der Waals surface area contributed by atoms with Crippen LogP contribution in [-0.4, -0.2) is 19.6 Å². The van der Waals surface area contributed by atoms with Crippen LogP contribution in [0.5, 0.6) is 17.2 Å². The minimum Gasteiger partial charge on any atom is -0.493 e. The maximum atomic E-state index is 12.0. The molecule has 25 heavy (non-hydrogen) atoms. The molecule has 0 fully saturated rings. The van der Waals surface area contributed by atoms with Crippen molar-refractivity contribution in [2.45, 2.75) is 33.1 Å². The number of anilines is 1. The first kappa shape index (κ1) is 17.3. The first-order valence-corrected chi connectivity index (χ1v) is 8.74. The zero-order valence-electron chi connectivity index (χ0n) is 15.3. The van der Waals surface area contributed by atoms with Crippen LogP contribution in [0.15, 0.2) is 42.5 Å². The van der Waals surface area contributed by atoms with Gasteiger partial charge in [0.05, 0.1) is 7.11 Å². The normalized spacial score (nSPS) is 16.5. The number of amides is 1. The van der Waals surface area contributed by atoms with Crippen LogP contribution < -0.4 is 14.4 Å². The number of carbonyl (C=O) groups is 1. The van der Waals surface area contributed by atoms with Crippen molar-refractivity contribution in [3.05, 3.63) is 48.0 Å². The van der Waals surface area contributed by atoms with Crippen LogP contribution in [-0.2, 0) is 4.79 Å². The van der Waals surface area contributed by atoms with Crippen LogP contribution in [0.4, 0.5) is 5.69 Å². The highest BCUT2D eigenvalue weighted by Crippen LogP contribution is 2.42. The van der Waals surface area contributed by atoms with Crippen LogP contribution in [0.3, 0.4) is 0 Å². The molecule has 1 aliphatic heterocycles. The van der Waals surface area contributed by atoms with Gasteiger partial charge < -0.3 is 14.4 Å². The van der Waals surface area contributed by atoms with E-state index in [2.05, 4.69) is 19.9 Å². The van der Waals surface area contributed by atoms with Crippen LogP contribution in [0.2, 0.25) is 0 Å². The van der Waals surface area contributed by atoms with E-state index in [1.165, 1.54) is 5.56 Å². The van der Waals surface area contributed by atoms with E-state index >= 15 is 0 Å². The fraction of sp³-hybridized carbons (Fsp3) is 0.381. The highest BCUT2D eigenvalue weighted by Gasteiger charge is 2.29. The number of methoxy groups -OCH3 is 1. The highest BCUT2D eigenvalue weighted by molar-refractivity contribution is 5.93. The van der Waals surface area contributed by atoms with E-state index in [1.807, 2.05) is 41.3 Å². The number of carbonyl (C=O) groups excluding carboxylic acids is 1. The molecular formula is C21H25NO3. The Bertz CT molecular complexity index is 769. The molecule has 0 saturated heterocycles. The molecule has 2 aromatic rings. The summed E-state index contributed by atoms with van der Waals surface area (Å²) in [6.45, 7) is 6.86. The molecule has 1 unspecified atom stereocenters. The molecule has 3 rings (SSSR count). The molecule has 1 atom stereocenters. The molecular weight excluding hydrogens is 314 g/mol. The molecule has 0 aliphatic carbocycles. The van der Waals surface area contributed by atoms with E-state index in [-0.39, 0.29) is 5.91 Å². The zero-order chi connectivity index (χ0) is 18.0. The number of hydrogen-bond donors (Lipinski definition) is 0. The molecule has 0 N–H and O–H groups in total. The quantitative estimate of drug-likeness (QED) is 0.788. The smallest absolute Gasteiger partial charge is 0.223 e. The zero-order valence-corrected chi connectivity index (χ0v) is 15.3. The second kappa shape index (κ2) is 7.18. The van der Waals surface area contributed by atoms with Crippen molar-refractivity contribution in [2.75, 3.05) is 18.6 Å². The lowest BCUT2D eigenvalue weighted by atomic mass is 9.82. The Morgan fingerprint density at radius 1 is 1.16 bits per heavy atom. The number of ether oxygens (including phenoxy) is 2. The molecule has 1 amide bonds. The summed E-state index contributed by atoms with van der Waals surface area (Å²) >= 11 is 0. The van der Waals surface area contributed by atoms with Crippen molar-refractivity contribution in [1.82, 2.24) is 0 Å². The molecule has 0 aromatic heterocycles. The van der Waals surface area contributed by atoms with Crippen molar-refractivity contribution in [3.8, 4) is 17.2 Å². The van der Waals surface area contributed by atoms with Gasteiger partial charge in [-0.25, -0.2) is 0 Å². The summed E-state index contributed by atoms with van der Waals surface area (Å²) in [5.74, 6) is 3.17. The third-order valence-corrected chi connectivity index (χ3v) is 4.83. The van der Waals surface area contributed by atoms with Gasteiger partial charge in [0, 0.05) is 19.2 Å². The fourth-order valence-electron chi connectivity index (χ4n) is 3.53. The second-order valence-corrected chi connectivity index (χ2v) is 6.78. The van der Waals surface area contributed by atoms with Gasteiger partial charge in [-0.15, -0.1) is 0 Å². The Labute approximate surface area is 149 Å². The van der Waals surface area contributed by atoms with Gasteiger partial charge in [0.1, 0.15) is 5.75 Å². The van der Waals surface area contributed by atoms with E-state index < -0.39 is 0 Å². The third kappa shape index (κ3) is 3.48. The number of rotatable bonds is 4. The van der Waals surface area contributed by atoms with E-state index in [0.717, 1.165) is 24.4 Å². The number of para-hydroxylation sites is 2. The topological polar surface area (TPSA) is 38.8 Å². The second-order valence-electron chi connectivity index (χ2n) is 6.78. The summed E-state index contributed by atoms with van der Waals surface area (Å²) in [6, 6.07) is 13.6. The summed E-state index contributed by atoms with van der Waals surface area (Å²) in [5.41, 5.74) is 2.19. The van der Waals surface area contributed by atoms with Gasteiger partial charge in [0.25, 0.3) is 0 Å². The lowest BCUT2D eigenvalue weighted by molar-refractivity contribution is -0.116. The standard InChI is InChI=1S/C21H25NO3/c1-14(2)17-11-12-22(15(3)23)19-10-9-16(13-18(17)19)25-21-8-6-5-7-20(21)24-4/h5-10,13-14,17H,11-12H2,1-4H3. The van der Waals surface area contributed by atoms with Crippen molar-refractivity contribution < 1.29 is 14.3 Å². The minimum absolute atomic E-state index is 0.0850. The van der Waals surface area contributed by atoms with E-state index in [0.29, 0.717) is 23.3 Å². The summed E-state index contributed by atoms with van der Waals surface area (Å²) in [5, 5.41) is 0. The van der Waals surface area contributed by atoms with Gasteiger partial charge in [0.2, 0.25) is 5.91 Å². The SMILES string of the molecule is COc1ccccc1Oc1ccc2c(c1)C(C(C)C)CCN2C(C)=O. The van der Waals surface area contributed by atoms with E-state index in [1.54, 1.807) is 14.0 Å². The van der Waals surface area contributed by atoms with Gasteiger partial charge in [-0.3, -0.25) is 4.79 Å². The number of nitrogens with zero attached hydrogens (tertiary/aromatic N) is 1. The highest BCUT2D eigenvalue weighted by atomic mass is 16.5. The predicted octanol–water partition coefficient (Wildman–Crippen LogP) is 4.98. The summed E-state index contributed by atoms with van der Waals surface area (Å²) in [7, 11) is 1.63.